The number of carboxylic acids is 1. The van der Waals surface area contributed by atoms with Gasteiger partial charge in [0.15, 0.2) is 5.78 Å². The number of aliphatic carboxylic acids is 1. The normalized spacial score (nSPS) is 15.6. The van der Waals surface area contributed by atoms with Crippen LogP contribution < -0.4 is 5.43 Å². The summed E-state index contributed by atoms with van der Waals surface area (Å²) in [7, 11) is 0. The van der Waals surface area contributed by atoms with E-state index in [1.165, 1.54) is 6.20 Å². The highest BCUT2D eigenvalue weighted by atomic mass is 16.4. The predicted molar refractivity (Wildman–Crippen MR) is 71.4 cm³/mol. The second-order valence-corrected chi connectivity index (χ2v) is 4.34. The quantitative estimate of drug-likeness (QED) is 0.548. The standard InChI is InChI=1S/C14H14N2O4/c17-12(6-13(18)14(19)20)11-7-15-16(9-11)8-10-4-2-1-3-5-10/h1-7,15,18H,8-9H2,(H,19,20). The number of nitrogens with zero attached hydrogens (tertiary/aromatic N) is 1. The van der Waals surface area contributed by atoms with Crippen LogP contribution in [0.1, 0.15) is 5.56 Å². The summed E-state index contributed by atoms with van der Waals surface area (Å²) in [5.41, 5.74) is 4.42. The summed E-state index contributed by atoms with van der Waals surface area (Å²) in [4.78, 5) is 22.2. The Kier molecular flexibility index (Phi) is 4.17. The van der Waals surface area contributed by atoms with Crippen molar-refractivity contribution < 1.29 is 19.8 Å². The second kappa shape index (κ2) is 6.03. The van der Waals surface area contributed by atoms with E-state index in [2.05, 4.69) is 5.43 Å². The molecule has 0 fully saturated rings. The minimum absolute atomic E-state index is 0.344. The Balaban J connectivity index is 1.93. The summed E-state index contributed by atoms with van der Waals surface area (Å²) in [6, 6.07) is 9.72. The molecule has 6 nitrogen and oxygen atoms in total. The molecule has 0 aliphatic carbocycles. The van der Waals surface area contributed by atoms with Crippen LogP contribution in [-0.2, 0) is 16.1 Å². The number of hydrazine groups is 1. The molecule has 104 valence electrons. The van der Waals surface area contributed by atoms with Gasteiger partial charge in [-0.15, -0.1) is 0 Å². The van der Waals surface area contributed by atoms with Crippen molar-refractivity contribution >= 4 is 11.8 Å². The van der Waals surface area contributed by atoms with Crippen LogP contribution in [0.15, 0.2) is 53.9 Å². The van der Waals surface area contributed by atoms with Crippen LogP contribution in [0.2, 0.25) is 0 Å². The lowest BCUT2D eigenvalue weighted by Crippen LogP contribution is -2.30. The zero-order valence-electron chi connectivity index (χ0n) is 10.6. The van der Waals surface area contributed by atoms with Crippen LogP contribution in [-0.4, -0.2) is 33.5 Å². The molecule has 2 rings (SSSR count). The molecule has 1 aromatic carbocycles. The number of ketones is 1. The lowest BCUT2D eigenvalue weighted by atomic mass is 10.1. The number of benzene rings is 1. The maximum Gasteiger partial charge on any atom is 0.371 e. The number of rotatable bonds is 5. The zero-order valence-corrected chi connectivity index (χ0v) is 10.6. The van der Waals surface area contributed by atoms with Crippen molar-refractivity contribution in [2.45, 2.75) is 6.54 Å². The van der Waals surface area contributed by atoms with Gasteiger partial charge in [0.05, 0.1) is 0 Å². The van der Waals surface area contributed by atoms with Gasteiger partial charge in [-0.2, -0.15) is 0 Å². The number of allylic oxidation sites excluding steroid dienone is 1. The smallest absolute Gasteiger partial charge is 0.371 e. The number of carbonyl (C=O) groups is 2. The fraction of sp³-hybridized carbons (Fsp3) is 0.143. The number of hydrogen-bond acceptors (Lipinski definition) is 5. The fourth-order valence-corrected chi connectivity index (χ4v) is 1.80. The number of aliphatic hydroxyl groups excluding tert-OH is 1. The van der Waals surface area contributed by atoms with E-state index in [1.807, 2.05) is 35.3 Å². The third-order valence-electron chi connectivity index (χ3n) is 2.80. The molecule has 0 amide bonds. The van der Waals surface area contributed by atoms with Crippen molar-refractivity contribution in [1.29, 1.82) is 0 Å². The van der Waals surface area contributed by atoms with E-state index in [4.69, 9.17) is 10.2 Å². The van der Waals surface area contributed by atoms with Crippen LogP contribution in [0, 0.1) is 0 Å². The van der Waals surface area contributed by atoms with Crippen molar-refractivity contribution in [3.05, 3.63) is 59.5 Å². The van der Waals surface area contributed by atoms with Crippen molar-refractivity contribution in [2.24, 2.45) is 0 Å². The Bertz CT molecular complexity index is 578. The maximum absolute atomic E-state index is 11.7. The number of nitrogens with one attached hydrogen (secondary N) is 1. The molecule has 0 bridgehead atoms. The molecule has 0 radical (unpaired) electrons. The highest BCUT2D eigenvalue weighted by Crippen LogP contribution is 2.11. The maximum atomic E-state index is 11.7. The topological polar surface area (TPSA) is 89.9 Å². The van der Waals surface area contributed by atoms with Gasteiger partial charge in [0.25, 0.3) is 0 Å². The van der Waals surface area contributed by atoms with Gasteiger partial charge in [-0.25, -0.2) is 9.80 Å². The van der Waals surface area contributed by atoms with Crippen LogP contribution in [0.4, 0.5) is 0 Å². The monoisotopic (exact) mass is 274 g/mol. The first-order chi connectivity index (χ1) is 9.56. The fourth-order valence-electron chi connectivity index (χ4n) is 1.80. The zero-order chi connectivity index (χ0) is 14.5. The summed E-state index contributed by atoms with van der Waals surface area (Å²) in [5.74, 6) is -3.00. The molecule has 6 heteroatoms. The van der Waals surface area contributed by atoms with Gasteiger partial charge < -0.3 is 15.6 Å². The van der Waals surface area contributed by atoms with E-state index in [1.54, 1.807) is 0 Å². The molecule has 1 heterocycles. The highest BCUT2D eigenvalue weighted by molar-refractivity contribution is 6.07. The minimum Gasteiger partial charge on any atom is -0.502 e. The average molecular weight is 274 g/mol. The molecule has 0 spiro atoms. The summed E-state index contributed by atoms with van der Waals surface area (Å²) >= 11 is 0. The summed E-state index contributed by atoms with van der Waals surface area (Å²) in [5, 5.41) is 19.4. The van der Waals surface area contributed by atoms with Crippen molar-refractivity contribution in [3.8, 4) is 0 Å². The minimum atomic E-state index is -1.52. The average Bonchev–Trinajstić information content (AvgIpc) is 2.88. The van der Waals surface area contributed by atoms with Gasteiger partial charge in [0.2, 0.25) is 5.76 Å². The van der Waals surface area contributed by atoms with E-state index in [9.17, 15) is 9.59 Å². The van der Waals surface area contributed by atoms with Gasteiger partial charge in [-0.1, -0.05) is 30.3 Å². The lowest BCUT2D eigenvalue weighted by molar-refractivity contribution is -0.135. The van der Waals surface area contributed by atoms with Gasteiger partial charge in [0, 0.05) is 30.9 Å². The Morgan fingerprint density at radius 1 is 1.25 bits per heavy atom. The molecule has 20 heavy (non-hydrogen) atoms. The van der Waals surface area contributed by atoms with Gasteiger partial charge in [-0.3, -0.25) is 4.79 Å². The van der Waals surface area contributed by atoms with Gasteiger partial charge >= 0.3 is 5.97 Å². The summed E-state index contributed by atoms with van der Waals surface area (Å²) in [6.45, 7) is 0.958. The Morgan fingerprint density at radius 3 is 2.60 bits per heavy atom. The van der Waals surface area contributed by atoms with E-state index in [-0.39, 0.29) is 0 Å². The molecular weight excluding hydrogens is 260 g/mol. The van der Waals surface area contributed by atoms with Gasteiger partial charge in [-0.05, 0) is 5.56 Å². The van der Waals surface area contributed by atoms with Crippen molar-refractivity contribution in [3.63, 3.8) is 0 Å². The second-order valence-electron chi connectivity index (χ2n) is 4.34. The highest BCUT2D eigenvalue weighted by Gasteiger charge is 2.19. The first kappa shape index (κ1) is 13.8. The van der Waals surface area contributed by atoms with E-state index in [0.717, 1.165) is 5.56 Å². The Morgan fingerprint density at radius 2 is 1.95 bits per heavy atom. The summed E-state index contributed by atoms with van der Waals surface area (Å²) < 4.78 is 0. The SMILES string of the molecule is O=C(O)C(O)=CC(=O)C1=CNN(Cc2ccccc2)C1. The van der Waals surface area contributed by atoms with Gasteiger partial charge in [0.1, 0.15) is 0 Å². The molecule has 1 aromatic rings. The summed E-state index contributed by atoms with van der Waals surface area (Å²) in [6.07, 6.45) is 2.22. The molecule has 3 N–H and O–H groups in total. The van der Waals surface area contributed by atoms with Crippen LogP contribution in [0.3, 0.4) is 0 Å². The van der Waals surface area contributed by atoms with Crippen molar-refractivity contribution in [1.82, 2.24) is 10.4 Å². The molecule has 0 atom stereocenters. The molecular formula is C14H14N2O4. The van der Waals surface area contributed by atoms with Crippen LogP contribution in [0.5, 0.6) is 0 Å². The van der Waals surface area contributed by atoms with E-state index < -0.39 is 17.5 Å². The molecule has 0 aromatic heterocycles. The third kappa shape index (κ3) is 3.46. The molecule has 0 saturated heterocycles. The van der Waals surface area contributed by atoms with Crippen LogP contribution in [0.25, 0.3) is 0 Å². The molecule has 1 aliphatic heterocycles. The lowest BCUT2D eigenvalue weighted by Gasteiger charge is -2.15. The third-order valence-corrected chi connectivity index (χ3v) is 2.80. The number of hydrogen-bond donors (Lipinski definition) is 3. The largest absolute Gasteiger partial charge is 0.502 e. The number of carbonyl (C=O) groups excluding carboxylic acids is 1. The Labute approximate surface area is 115 Å². The molecule has 1 aliphatic rings. The first-order valence-corrected chi connectivity index (χ1v) is 5.98. The van der Waals surface area contributed by atoms with E-state index in [0.29, 0.717) is 24.7 Å². The van der Waals surface area contributed by atoms with E-state index >= 15 is 0 Å². The van der Waals surface area contributed by atoms with Crippen LogP contribution >= 0.6 is 0 Å². The Hall–Kier alpha value is -2.60. The number of carboxylic acid groups (broad SMARTS) is 1. The molecule has 0 saturated carbocycles. The predicted octanol–water partition coefficient (Wildman–Crippen LogP) is 0.986. The molecule has 0 unspecified atom stereocenters. The van der Waals surface area contributed by atoms with Crippen molar-refractivity contribution in [2.75, 3.05) is 6.54 Å². The first-order valence-electron chi connectivity index (χ1n) is 5.98. The number of aliphatic hydroxyl groups is 1.